The summed E-state index contributed by atoms with van der Waals surface area (Å²) in [4.78, 5) is 37.4. The third-order valence-corrected chi connectivity index (χ3v) is 4.80. The zero-order chi connectivity index (χ0) is 22.5. The monoisotopic (exact) mass is 442 g/mol. The highest BCUT2D eigenvalue weighted by molar-refractivity contribution is 6.32. The maximum Gasteiger partial charge on any atom is 0.294 e. The maximum absolute atomic E-state index is 12.8. The molecule has 0 radical (unpaired) electrons. The Balaban J connectivity index is 1.83. The van der Waals surface area contributed by atoms with E-state index in [4.69, 9.17) is 16.3 Å². The molecule has 1 heterocycles. The Hall–Kier alpha value is -3.72. The number of carbonyl (C=O) groups is 1. The van der Waals surface area contributed by atoms with Crippen LogP contribution in [0.4, 0.5) is 5.69 Å². The minimum atomic E-state index is -0.625. The molecule has 0 saturated heterocycles. The van der Waals surface area contributed by atoms with Gasteiger partial charge in [-0.1, -0.05) is 35.9 Å². The molecule has 0 aliphatic carbocycles. The summed E-state index contributed by atoms with van der Waals surface area (Å²) >= 11 is 6.04. The fraction of sp³-hybridized carbons (Fsp3) is 0.190. The van der Waals surface area contributed by atoms with E-state index in [0.29, 0.717) is 16.5 Å². The number of para-hydroxylation sites is 3. The molecule has 0 aliphatic heterocycles. The Bertz CT molecular complexity index is 1190. The molecule has 0 bridgehead atoms. The first-order valence-corrected chi connectivity index (χ1v) is 9.65. The van der Waals surface area contributed by atoms with E-state index in [2.05, 4.69) is 5.10 Å². The highest BCUT2D eigenvalue weighted by Gasteiger charge is 2.22. The fourth-order valence-corrected chi connectivity index (χ4v) is 3.06. The first-order valence-electron chi connectivity index (χ1n) is 9.27. The third-order valence-electron chi connectivity index (χ3n) is 4.48. The number of benzene rings is 2. The zero-order valence-electron chi connectivity index (χ0n) is 16.8. The standard InChI is InChI=1S/C21H19ClN4O5/c1-14-13-18(27)20(23-25(14)16-8-4-5-9-17(16)26(29)30)21(28)24(2)11-12-31-19-10-6-3-7-15(19)22/h3-10,13H,11-12H2,1-2H3. The number of nitro benzene ring substituents is 1. The van der Waals surface area contributed by atoms with Crippen LogP contribution in [0.2, 0.25) is 5.02 Å². The lowest BCUT2D eigenvalue weighted by molar-refractivity contribution is -0.384. The molecular formula is C21H19ClN4O5. The van der Waals surface area contributed by atoms with Crippen LogP contribution in [0, 0.1) is 17.0 Å². The van der Waals surface area contributed by atoms with Gasteiger partial charge in [0.15, 0.2) is 5.69 Å². The molecule has 0 spiro atoms. The van der Waals surface area contributed by atoms with Gasteiger partial charge in [0.1, 0.15) is 18.0 Å². The van der Waals surface area contributed by atoms with Gasteiger partial charge in [-0.3, -0.25) is 19.7 Å². The van der Waals surface area contributed by atoms with Gasteiger partial charge in [-0.05, 0) is 25.1 Å². The summed E-state index contributed by atoms with van der Waals surface area (Å²) < 4.78 is 6.80. The van der Waals surface area contributed by atoms with E-state index in [1.807, 2.05) is 0 Å². The molecular weight excluding hydrogens is 424 g/mol. The van der Waals surface area contributed by atoms with Gasteiger partial charge >= 0.3 is 0 Å². The molecule has 0 saturated carbocycles. The number of aryl methyl sites for hydroxylation is 1. The van der Waals surface area contributed by atoms with E-state index in [1.54, 1.807) is 37.3 Å². The molecule has 0 aliphatic rings. The quantitative estimate of drug-likeness (QED) is 0.410. The SMILES string of the molecule is Cc1cc(=O)c(C(=O)N(C)CCOc2ccccc2Cl)nn1-c1ccccc1[N+](=O)[O-]. The summed E-state index contributed by atoms with van der Waals surface area (Å²) in [5.74, 6) is -0.141. The normalized spacial score (nSPS) is 10.5. The van der Waals surface area contributed by atoms with Crippen LogP contribution in [0.3, 0.4) is 0 Å². The van der Waals surface area contributed by atoms with E-state index in [0.717, 1.165) is 0 Å². The second-order valence-corrected chi connectivity index (χ2v) is 7.07. The average molecular weight is 443 g/mol. The number of hydrogen-bond donors (Lipinski definition) is 0. The minimum Gasteiger partial charge on any atom is -0.490 e. The van der Waals surface area contributed by atoms with Crippen molar-refractivity contribution in [3.63, 3.8) is 0 Å². The molecule has 9 nitrogen and oxygen atoms in total. The van der Waals surface area contributed by atoms with Crippen molar-refractivity contribution in [2.75, 3.05) is 20.2 Å². The van der Waals surface area contributed by atoms with E-state index >= 15 is 0 Å². The molecule has 2 aromatic carbocycles. The van der Waals surface area contributed by atoms with Crippen molar-refractivity contribution in [3.8, 4) is 11.4 Å². The number of likely N-dealkylation sites (N-methyl/N-ethyl adjacent to an activating group) is 1. The third kappa shape index (κ3) is 4.89. The molecule has 10 heteroatoms. The Morgan fingerprint density at radius 3 is 2.61 bits per heavy atom. The number of halogens is 1. The van der Waals surface area contributed by atoms with Crippen molar-refractivity contribution in [2.24, 2.45) is 0 Å². The van der Waals surface area contributed by atoms with Gasteiger partial charge in [-0.2, -0.15) is 5.10 Å². The molecule has 1 amide bonds. The summed E-state index contributed by atoms with van der Waals surface area (Å²) in [6, 6.07) is 14.1. The topological polar surface area (TPSA) is 108 Å². The van der Waals surface area contributed by atoms with Crippen molar-refractivity contribution in [2.45, 2.75) is 6.92 Å². The number of nitro groups is 1. The van der Waals surface area contributed by atoms with Crippen LogP contribution in [0.5, 0.6) is 5.75 Å². The summed E-state index contributed by atoms with van der Waals surface area (Å²) in [5.41, 5.74) is -0.592. The maximum atomic E-state index is 12.8. The van der Waals surface area contributed by atoms with Crippen molar-refractivity contribution in [1.29, 1.82) is 0 Å². The number of hydrogen-bond acceptors (Lipinski definition) is 6. The molecule has 3 rings (SSSR count). The Labute approximate surface area is 182 Å². The molecule has 160 valence electrons. The predicted molar refractivity (Wildman–Crippen MR) is 115 cm³/mol. The van der Waals surface area contributed by atoms with Crippen LogP contribution >= 0.6 is 11.6 Å². The molecule has 0 N–H and O–H groups in total. The van der Waals surface area contributed by atoms with E-state index in [1.165, 1.54) is 40.9 Å². The summed E-state index contributed by atoms with van der Waals surface area (Å²) in [7, 11) is 1.51. The van der Waals surface area contributed by atoms with Gasteiger partial charge in [0.2, 0.25) is 5.43 Å². The zero-order valence-corrected chi connectivity index (χ0v) is 17.6. The summed E-state index contributed by atoms with van der Waals surface area (Å²) in [6.07, 6.45) is 0. The lowest BCUT2D eigenvalue weighted by Crippen LogP contribution is -2.36. The van der Waals surface area contributed by atoms with Gasteiger partial charge in [0.05, 0.1) is 16.5 Å². The van der Waals surface area contributed by atoms with Crippen molar-refractivity contribution < 1.29 is 14.5 Å². The number of nitrogens with zero attached hydrogens (tertiary/aromatic N) is 4. The number of aromatic nitrogens is 2. The van der Waals surface area contributed by atoms with Gasteiger partial charge in [-0.15, -0.1) is 0 Å². The molecule has 1 aromatic heterocycles. The highest BCUT2D eigenvalue weighted by atomic mass is 35.5. The largest absolute Gasteiger partial charge is 0.490 e. The molecule has 31 heavy (non-hydrogen) atoms. The molecule has 0 atom stereocenters. The first-order chi connectivity index (χ1) is 14.8. The Morgan fingerprint density at radius 2 is 1.90 bits per heavy atom. The predicted octanol–water partition coefficient (Wildman–Crippen LogP) is 3.25. The summed E-state index contributed by atoms with van der Waals surface area (Å²) in [6.45, 7) is 1.90. The lowest BCUT2D eigenvalue weighted by Gasteiger charge is -2.18. The van der Waals surface area contributed by atoms with Crippen LogP contribution in [0.25, 0.3) is 5.69 Å². The van der Waals surface area contributed by atoms with Crippen LogP contribution in [-0.2, 0) is 0 Å². The van der Waals surface area contributed by atoms with Crippen molar-refractivity contribution in [3.05, 3.63) is 91.3 Å². The number of carbonyl (C=O) groups excluding carboxylic acids is 1. The first kappa shape index (κ1) is 22.0. The van der Waals surface area contributed by atoms with Gasteiger partial charge in [-0.25, -0.2) is 4.68 Å². The molecule has 0 unspecified atom stereocenters. The van der Waals surface area contributed by atoms with Gasteiger partial charge < -0.3 is 9.64 Å². The van der Waals surface area contributed by atoms with E-state index in [-0.39, 0.29) is 30.2 Å². The Morgan fingerprint density at radius 1 is 1.23 bits per heavy atom. The minimum absolute atomic E-state index is 0.149. The second kappa shape index (κ2) is 9.40. The van der Waals surface area contributed by atoms with Crippen LogP contribution in [-0.4, -0.2) is 45.7 Å². The smallest absolute Gasteiger partial charge is 0.294 e. The van der Waals surface area contributed by atoms with Crippen LogP contribution in [0.1, 0.15) is 16.2 Å². The van der Waals surface area contributed by atoms with Gasteiger partial charge in [0, 0.05) is 24.9 Å². The summed E-state index contributed by atoms with van der Waals surface area (Å²) in [5, 5.41) is 15.9. The second-order valence-electron chi connectivity index (χ2n) is 6.66. The Kier molecular flexibility index (Phi) is 6.66. The van der Waals surface area contributed by atoms with E-state index in [9.17, 15) is 19.7 Å². The number of amides is 1. The van der Waals surface area contributed by atoms with Crippen LogP contribution in [0.15, 0.2) is 59.4 Å². The highest BCUT2D eigenvalue weighted by Crippen LogP contribution is 2.23. The fourth-order valence-electron chi connectivity index (χ4n) is 2.87. The van der Waals surface area contributed by atoms with E-state index < -0.39 is 16.3 Å². The number of ether oxygens (including phenoxy) is 1. The average Bonchev–Trinajstić information content (AvgIpc) is 2.74. The van der Waals surface area contributed by atoms with Gasteiger partial charge in [0.25, 0.3) is 11.6 Å². The molecule has 3 aromatic rings. The van der Waals surface area contributed by atoms with Crippen molar-refractivity contribution >= 4 is 23.2 Å². The lowest BCUT2D eigenvalue weighted by atomic mass is 10.2. The van der Waals surface area contributed by atoms with Crippen LogP contribution < -0.4 is 10.2 Å². The van der Waals surface area contributed by atoms with Crippen molar-refractivity contribution in [1.82, 2.24) is 14.7 Å². The number of rotatable bonds is 7. The molecule has 0 fully saturated rings.